The van der Waals surface area contributed by atoms with Crippen LogP contribution in [0.5, 0.6) is 0 Å². The summed E-state index contributed by atoms with van der Waals surface area (Å²) in [4.78, 5) is 0. The summed E-state index contributed by atoms with van der Waals surface area (Å²) in [6.07, 6.45) is -1.72. The quantitative estimate of drug-likeness (QED) is 0.863. The summed E-state index contributed by atoms with van der Waals surface area (Å²) >= 11 is 0.839. The van der Waals surface area contributed by atoms with Gasteiger partial charge in [0.1, 0.15) is 0 Å². The minimum Gasteiger partial charge on any atom is -0.383 e. The lowest BCUT2D eigenvalue weighted by atomic mass is 9.96. The standard InChI is InChI=1S/C10H15F3N4OS/c11-10(12,13)8(18)6-19-9-14-15-16-17(9)7-4-2-1-3-5-7/h7-8,18H,1-6H2. The molecule has 108 valence electrons. The molecule has 1 fully saturated rings. The first kappa shape index (κ1) is 14.6. The van der Waals surface area contributed by atoms with E-state index in [4.69, 9.17) is 5.11 Å². The fourth-order valence-electron chi connectivity index (χ4n) is 2.08. The largest absolute Gasteiger partial charge is 0.415 e. The van der Waals surface area contributed by atoms with Crippen LogP contribution in [0.4, 0.5) is 13.2 Å². The molecule has 9 heteroatoms. The molecule has 0 aromatic carbocycles. The van der Waals surface area contributed by atoms with E-state index in [0.717, 1.165) is 37.4 Å². The number of halogens is 3. The predicted molar refractivity (Wildman–Crippen MR) is 62.7 cm³/mol. The first-order chi connectivity index (χ1) is 8.98. The maximum atomic E-state index is 12.2. The predicted octanol–water partition coefficient (Wildman–Crippen LogP) is 2.19. The van der Waals surface area contributed by atoms with E-state index in [1.54, 1.807) is 4.68 Å². The molecule has 0 bridgehead atoms. The fraction of sp³-hybridized carbons (Fsp3) is 0.900. The number of hydrogen-bond acceptors (Lipinski definition) is 5. The number of aromatic nitrogens is 4. The summed E-state index contributed by atoms with van der Waals surface area (Å²) < 4.78 is 38.2. The Bertz CT molecular complexity index is 406. The molecule has 1 unspecified atom stereocenters. The van der Waals surface area contributed by atoms with Crippen molar-refractivity contribution in [3.05, 3.63) is 0 Å². The van der Waals surface area contributed by atoms with Crippen molar-refractivity contribution in [2.45, 2.75) is 55.6 Å². The van der Waals surface area contributed by atoms with E-state index >= 15 is 0 Å². The molecule has 5 nitrogen and oxygen atoms in total. The van der Waals surface area contributed by atoms with E-state index in [0.29, 0.717) is 5.16 Å². The van der Waals surface area contributed by atoms with Gasteiger partial charge in [-0.1, -0.05) is 31.0 Å². The smallest absolute Gasteiger partial charge is 0.383 e. The van der Waals surface area contributed by atoms with Gasteiger partial charge in [0.25, 0.3) is 0 Å². The molecule has 0 amide bonds. The Morgan fingerprint density at radius 1 is 1.32 bits per heavy atom. The molecule has 0 radical (unpaired) electrons. The maximum Gasteiger partial charge on any atom is 0.415 e. The van der Waals surface area contributed by atoms with Crippen LogP contribution >= 0.6 is 11.8 Å². The van der Waals surface area contributed by atoms with E-state index in [1.165, 1.54) is 6.42 Å². The normalized spacial score (nSPS) is 19.6. The highest BCUT2D eigenvalue weighted by Gasteiger charge is 2.38. The third-order valence-electron chi connectivity index (χ3n) is 3.13. The van der Waals surface area contributed by atoms with Crippen molar-refractivity contribution < 1.29 is 18.3 Å². The van der Waals surface area contributed by atoms with Crippen molar-refractivity contribution in [3.63, 3.8) is 0 Å². The summed E-state index contributed by atoms with van der Waals surface area (Å²) in [5, 5.41) is 20.4. The van der Waals surface area contributed by atoms with E-state index < -0.39 is 18.0 Å². The second-order valence-electron chi connectivity index (χ2n) is 4.57. The number of alkyl halides is 3. The second kappa shape index (κ2) is 6.08. The second-order valence-corrected chi connectivity index (χ2v) is 5.55. The molecule has 1 N–H and O–H groups in total. The van der Waals surface area contributed by atoms with Gasteiger partial charge in [0, 0.05) is 5.75 Å². The highest BCUT2D eigenvalue weighted by molar-refractivity contribution is 7.99. The van der Waals surface area contributed by atoms with Crippen molar-refractivity contribution in [2.24, 2.45) is 0 Å². The lowest BCUT2D eigenvalue weighted by Crippen LogP contribution is -2.30. The number of hydrogen-bond donors (Lipinski definition) is 1. The van der Waals surface area contributed by atoms with Crippen molar-refractivity contribution in [3.8, 4) is 0 Å². The van der Waals surface area contributed by atoms with Gasteiger partial charge in [0.2, 0.25) is 5.16 Å². The molecule has 1 aliphatic rings. The van der Waals surface area contributed by atoms with Gasteiger partial charge < -0.3 is 5.11 Å². The van der Waals surface area contributed by atoms with E-state index in [2.05, 4.69) is 15.5 Å². The van der Waals surface area contributed by atoms with Gasteiger partial charge in [-0.3, -0.25) is 0 Å². The average molecular weight is 296 g/mol. The highest BCUT2D eigenvalue weighted by Crippen LogP contribution is 2.31. The van der Waals surface area contributed by atoms with Gasteiger partial charge in [-0.2, -0.15) is 13.2 Å². The lowest BCUT2D eigenvalue weighted by Gasteiger charge is -2.22. The molecule has 1 aliphatic carbocycles. The molecule has 1 heterocycles. The van der Waals surface area contributed by atoms with Crippen molar-refractivity contribution in [1.29, 1.82) is 0 Å². The third-order valence-corrected chi connectivity index (χ3v) is 4.14. The van der Waals surface area contributed by atoms with Gasteiger partial charge in [-0.05, 0) is 23.3 Å². The summed E-state index contributed by atoms with van der Waals surface area (Å²) in [7, 11) is 0. The van der Waals surface area contributed by atoms with E-state index in [-0.39, 0.29) is 6.04 Å². The number of rotatable bonds is 4. The molecule has 1 aromatic rings. The first-order valence-corrected chi connectivity index (χ1v) is 7.12. The Hall–Kier alpha value is -0.830. The van der Waals surface area contributed by atoms with Crippen LogP contribution in [0.2, 0.25) is 0 Å². The molecule has 2 rings (SSSR count). The molecule has 0 saturated heterocycles. The number of tetrazole rings is 1. The van der Waals surface area contributed by atoms with Crippen molar-refractivity contribution >= 4 is 11.8 Å². The number of nitrogens with zero attached hydrogens (tertiary/aromatic N) is 4. The van der Waals surface area contributed by atoms with Crippen LogP contribution in [-0.2, 0) is 0 Å². The molecule has 1 atom stereocenters. The molecule has 0 aliphatic heterocycles. The van der Waals surface area contributed by atoms with Crippen LogP contribution in [0.15, 0.2) is 5.16 Å². The molecule has 0 spiro atoms. The lowest BCUT2D eigenvalue weighted by molar-refractivity contribution is -0.195. The summed E-state index contributed by atoms with van der Waals surface area (Å²) in [5.74, 6) is -0.489. The molecular formula is C10H15F3N4OS. The Morgan fingerprint density at radius 3 is 2.63 bits per heavy atom. The fourth-order valence-corrected chi connectivity index (χ4v) is 2.99. The monoisotopic (exact) mass is 296 g/mol. The molecule has 1 aromatic heterocycles. The Kier molecular flexibility index (Phi) is 4.67. The molecule has 19 heavy (non-hydrogen) atoms. The zero-order valence-corrected chi connectivity index (χ0v) is 11.0. The van der Waals surface area contributed by atoms with Crippen molar-refractivity contribution in [1.82, 2.24) is 20.2 Å². The van der Waals surface area contributed by atoms with E-state index in [9.17, 15) is 13.2 Å². The Balaban J connectivity index is 1.96. The van der Waals surface area contributed by atoms with Crippen LogP contribution in [0.3, 0.4) is 0 Å². The summed E-state index contributed by atoms with van der Waals surface area (Å²) in [5.41, 5.74) is 0. The average Bonchev–Trinajstić information content (AvgIpc) is 2.84. The number of aliphatic hydroxyl groups is 1. The van der Waals surface area contributed by atoms with Crippen molar-refractivity contribution in [2.75, 3.05) is 5.75 Å². The molecule has 1 saturated carbocycles. The van der Waals surface area contributed by atoms with Gasteiger partial charge in [0.15, 0.2) is 6.10 Å². The van der Waals surface area contributed by atoms with E-state index in [1.807, 2.05) is 0 Å². The Morgan fingerprint density at radius 2 is 2.00 bits per heavy atom. The minimum absolute atomic E-state index is 0.161. The van der Waals surface area contributed by atoms with Crippen LogP contribution in [-0.4, -0.2) is 43.3 Å². The first-order valence-electron chi connectivity index (χ1n) is 6.14. The summed E-state index contributed by atoms with van der Waals surface area (Å²) in [6.45, 7) is 0. The zero-order valence-electron chi connectivity index (χ0n) is 10.2. The maximum absolute atomic E-state index is 12.2. The summed E-state index contributed by atoms with van der Waals surface area (Å²) in [6, 6.07) is 0.161. The van der Waals surface area contributed by atoms with Crippen LogP contribution in [0.25, 0.3) is 0 Å². The van der Waals surface area contributed by atoms with Gasteiger partial charge in [-0.15, -0.1) is 5.10 Å². The SMILES string of the molecule is OC(CSc1nnnn1C1CCCCC1)C(F)(F)F. The highest BCUT2D eigenvalue weighted by atomic mass is 32.2. The van der Waals surface area contributed by atoms with Crippen LogP contribution in [0.1, 0.15) is 38.1 Å². The van der Waals surface area contributed by atoms with Gasteiger partial charge >= 0.3 is 6.18 Å². The van der Waals surface area contributed by atoms with Crippen LogP contribution < -0.4 is 0 Å². The zero-order chi connectivity index (χ0) is 13.9. The number of thioether (sulfide) groups is 1. The van der Waals surface area contributed by atoms with Gasteiger partial charge in [0.05, 0.1) is 6.04 Å². The minimum atomic E-state index is -4.60. The van der Waals surface area contributed by atoms with Gasteiger partial charge in [-0.25, -0.2) is 4.68 Å². The number of aliphatic hydroxyl groups excluding tert-OH is 1. The third kappa shape index (κ3) is 3.82. The van der Waals surface area contributed by atoms with Crippen LogP contribution in [0, 0.1) is 0 Å². The topological polar surface area (TPSA) is 63.8 Å². The Labute approximate surface area is 112 Å². The molecular weight excluding hydrogens is 281 g/mol.